The van der Waals surface area contributed by atoms with Crippen molar-refractivity contribution >= 4 is 11.6 Å². The van der Waals surface area contributed by atoms with Crippen molar-refractivity contribution in [3.8, 4) is 0 Å². The summed E-state index contributed by atoms with van der Waals surface area (Å²) in [6.07, 6.45) is 3.31. The zero-order chi connectivity index (χ0) is 13.0. The number of nitrogens with one attached hydrogen (secondary N) is 1. The van der Waals surface area contributed by atoms with Crippen LogP contribution >= 0.6 is 0 Å². The molecule has 1 aromatic carbocycles. The van der Waals surface area contributed by atoms with E-state index >= 15 is 0 Å². The summed E-state index contributed by atoms with van der Waals surface area (Å²) in [7, 11) is 0. The lowest BCUT2D eigenvalue weighted by Gasteiger charge is -2.05. The Morgan fingerprint density at radius 2 is 2.22 bits per heavy atom. The lowest BCUT2D eigenvalue weighted by atomic mass is 10.2. The molecule has 0 bridgehead atoms. The predicted octanol–water partition coefficient (Wildman–Crippen LogP) is 1.73. The minimum atomic E-state index is -0.593. The van der Waals surface area contributed by atoms with Gasteiger partial charge in [-0.25, -0.2) is 4.39 Å². The van der Waals surface area contributed by atoms with Gasteiger partial charge in [-0.2, -0.15) is 0 Å². The first-order valence-corrected chi connectivity index (χ1v) is 5.39. The SMILES string of the molecule is Nc1ccc(C(=O)NCc2cccnc2)cc1F. The quantitative estimate of drug-likeness (QED) is 0.809. The van der Waals surface area contributed by atoms with Crippen molar-refractivity contribution in [2.45, 2.75) is 6.54 Å². The first-order chi connectivity index (χ1) is 8.66. The van der Waals surface area contributed by atoms with Crippen molar-refractivity contribution in [2.24, 2.45) is 0 Å². The molecule has 1 amide bonds. The summed E-state index contributed by atoms with van der Waals surface area (Å²) in [5, 5.41) is 2.68. The normalized spacial score (nSPS) is 10.1. The number of pyridine rings is 1. The van der Waals surface area contributed by atoms with Gasteiger partial charge < -0.3 is 11.1 Å². The van der Waals surface area contributed by atoms with Gasteiger partial charge in [0.05, 0.1) is 5.69 Å². The molecule has 0 saturated carbocycles. The maximum absolute atomic E-state index is 13.2. The van der Waals surface area contributed by atoms with Crippen molar-refractivity contribution in [1.82, 2.24) is 10.3 Å². The third-order valence-corrected chi connectivity index (χ3v) is 2.44. The molecule has 0 spiro atoms. The maximum atomic E-state index is 13.2. The van der Waals surface area contributed by atoms with Crippen LogP contribution in [0.15, 0.2) is 42.7 Å². The van der Waals surface area contributed by atoms with Gasteiger partial charge in [0.15, 0.2) is 0 Å². The molecule has 18 heavy (non-hydrogen) atoms. The number of benzene rings is 1. The van der Waals surface area contributed by atoms with E-state index in [1.165, 1.54) is 12.1 Å². The van der Waals surface area contributed by atoms with Gasteiger partial charge in [-0.05, 0) is 29.8 Å². The van der Waals surface area contributed by atoms with Gasteiger partial charge in [-0.15, -0.1) is 0 Å². The van der Waals surface area contributed by atoms with Gasteiger partial charge in [-0.1, -0.05) is 6.07 Å². The minimum Gasteiger partial charge on any atom is -0.396 e. The lowest BCUT2D eigenvalue weighted by Crippen LogP contribution is -2.23. The Morgan fingerprint density at radius 3 is 2.89 bits per heavy atom. The van der Waals surface area contributed by atoms with Crippen molar-refractivity contribution in [1.29, 1.82) is 0 Å². The Labute approximate surface area is 104 Å². The highest BCUT2D eigenvalue weighted by molar-refractivity contribution is 5.94. The number of hydrogen-bond acceptors (Lipinski definition) is 3. The lowest BCUT2D eigenvalue weighted by molar-refractivity contribution is 0.0950. The van der Waals surface area contributed by atoms with Gasteiger partial charge in [0.25, 0.3) is 5.91 Å². The average Bonchev–Trinajstić information content (AvgIpc) is 2.40. The number of nitrogens with zero attached hydrogens (tertiary/aromatic N) is 1. The van der Waals surface area contributed by atoms with E-state index < -0.39 is 5.82 Å². The molecule has 0 atom stereocenters. The fourth-order valence-electron chi connectivity index (χ4n) is 1.46. The maximum Gasteiger partial charge on any atom is 0.251 e. The van der Waals surface area contributed by atoms with Crippen LogP contribution in [0.3, 0.4) is 0 Å². The molecule has 92 valence electrons. The molecule has 0 unspecified atom stereocenters. The number of amides is 1. The van der Waals surface area contributed by atoms with Crippen LogP contribution in [-0.2, 0) is 6.54 Å². The standard InChI is InChI=1S/C13H12FN3O/c14-11-6-10(3-4-12(11)15)13(18)17-8-9-2-1-5-16-7-9/h1-7H,8,15H2,(H,17,18). The van der Waals surface area contributed by atoms with Crippen LogP contribution in [0.4, 0.5) is 10.1 Å². The summed E-state index contributed by atoms with van der Waals surface area (Å²) in [5.41, 5.74) is 6.48. The van der Waals surface area contributed by atoms with E-state index in [1.54, 1.807) is 18.5 Å². The van der Waals surface area contributed by atoms with E-state index in [0.717, 1.165) is 11.6 Å². The van der Waals surface area contributed by atoms with E-state index in [9.17, 15) is 9.18 Å². The molecule has 5 heteroatoms. The summed E-state index contributed by atoms with van der Waals surface area (Å²) in [6.45, 7) is 0.346. The van der Waals surface area contributed by atoms with Gasteiger partial charge in [0.2, 0.25) is 0 Å². The highest BCUT2D eigenvalue weighted by Gasteiger charge is 2.07. The van der Waals surface area contributed by atoms with Crippen molar-refractivity contribution < 1.29 is 9.18 Å². The number of anilines is 1. The molecule has 0 saturated heterocycles. The monoisotopic (exact) mass is 245 g/mol. The van der Waals surface area contributed by atoms with E-state index in [1.807, 2.05) is 6.07 Å². The van der Waals surface area contributed by atoms with Gasteiger partial charge >= 0.3 is 0 Å². The molecule has 0 radical (unpaired) electrons. The summed E-state index contributed by atoms with van der Waals surface area (Å²) in [6, 6.07) is 7.60. The van der Waals surface area contributed by atoms with Gasteiger partial charge in [-0.3, -0.25) is 9.78 Å². The molecule has 2 rings (SSSR count). The molecular formula is C13H12FN3O. The largest absolute Gasteiger partial charge is 0.396 e. The molecule has 1 aromatic heterocycles. The summed E-state index contributed by atoms with van der Waals surface area (Å²) in [4.78, 5) is 15.7. The Hall–Kier alpha value is -2.43. The highest BCUT2D eigenvalue weighted by Crippen LogP contribution is 2.11. The highest BCUT2D eigenvalue weighted by atomic mass is 19.1. The number of halogens is 1. The van der Waals surface area contributed by atoms with Crippen LogP contribution in [0.1, 0.15) is 15.9 Å². The molecule has 3 N–H and O–H groups in total. The topological polar surface area (TPSA) is 68.0 Å². The molecule has 1 heterocycles. The number of carbonyl (C=O) groups excluding carboxylic acids is 1. The fourth-order valence-corrected chi connectivity index (χ4v) is 1.46. The number of aromatic nitrogens is 1. The smallest absolute Gasteiger partial charge is 0.251 e. The third-order valence-electron chi connectivity index (χ3n) is 2.44. The van der Waals surface area contributed by atoms with E-state index in [2.05, 4.69) is 10.3 Å². The second-order valence-corrected chi connectivity index (χ2v) is 3.78. The number of carbonyl (C=O) groups is 1. The van der Waals surface area contributed by atoms with Crippen LogP contribution in [0, 0.1) is 5.82 Å². The van der Waals surface area contributed by atoms with E-state index in [4.69, 9.17) is 5.73 Å². The third kappa shape index (κ3) is 2.82. The Balaban J connectivity index is 2.02. The van der Waals surface area contributed by atoms with Crippen LogP contribution in [0.2, 0.25) is 0 Å². The number of nitrogen functional groups attached to an aromatic ring is 1. The average molecular weight is 245 g/mol. The molecule has 0 aliphatic rings. The second-order valence-electron chi connectivity index (χ2n) is 3.78. The molecule has 2 aromatic rings. The molecule has 0 aliphatic heterocycles. The Bertz CT molecular complexity index is 557. The predicted molar refractivity (Wildman–Crippen MR) is 66.2 cm³/mol. The molecular weight excluding hydrogens is 233 g/mol. The van der Waals surface area contributed by atoms with E-state index in [-0.39, 0.29) is 17.2 Å². The fraction of sp³-hybridized carbons (Fsp3) is 0.0769. The van der Waals surface area contributed by atoms with Crippen molar-refractivity contribution in [2.75, 3.05) is 5.73 Å². The molecule has 4 nitrogen and oxygen atoms in total. The zero-order valence-electron chi connectivity index (χ0n) is 9.56. The summed E-state index contributed by atoms with van der Waals surface area (Å²) < 4.78 is 13.2. The summed E-state index contributed by atoms with van der Waals surface area (Å²) >= 11 is 0. The van der Waals surface area contributed by atoms with Crippen molar-refractivity contribution in [3.05, 3.63) is 59.7 Å². The first-order valence-electron chi connectivity index (χ1n) is 5.39. The first kappa shape index (κ1) is 12.0. The zero-order valence-corrected chi connectivity index (χ0v) is 9.56. The molecule has 0 fully saturated rings. The van der Waals surface area contributed by atoms with Crippen LogP contribution < -0.4 is 11.1 Å². The molecule has 0 aliphatic carbocycles. The summed E-state index contributed by atoms with van der Waals surface area (Å²) in [5.74, 6) is -0.943. The van der Waals surface area contributed by atoms with Gasteiger partial charge in [0.1, 0.15) is 5.82 Å². The number of nitrogens with two attached hydrogens (primary N) is 1. The number of rotatable bonds is 3. The van der Waals surface area contributed by atoms with Crippen LogP contribution in [-0.4, -0.2) is 10.9 Å². The number of hydrogen-bond donors (Lipinski definition) is 2. The van der Waals surface area contributed by atoms with E-state index in [0.29, 0.717) is 6.54 Å². The minimum absolute atomic E-state index is 0.0267. The van der Waals surface area contributed by atoms with Crippen LogP contribution in [0.25, 0.3) is 0 Å². The van der Waals surface area contributed by atoms with Crippen LogP contribution in [0.5, 0.6) is 0 Å². The second kappa shape index (κ2) is 5.27. The Kier molecular flexibility index (Phi) is 3.52. The Morgan fingerprint density at radius 1 is 1.39 bits per heavy atom. The van der Waals surface area contributed by atoms with Crippen molar-refractivity contribution in [3.63, 3.8) is 0 Å². The van der Waals surface area contributed by atoms with Gasteiger partial charge in [0, 0.05) is 24.5 Å².